The Hall–Kier alpha value is -3.12. The molecule has 3 aromatic rings. The number of halogens is 1. The molecule has 0 radical (unpaired) electrons. The van der Waals surface area contributed by atoms with Gasteiger partial charge in [-0.2, -0.15) is 5.10 Å². The summed E-state index contributed by atoms with van der Waals surface area (Å²) in [4.78, 5) is 24.5. The molecular formula is C21H20ClN3O3. The number of hydrogen-bond acceptors (Lipinski definition) is 4. The van der Waals surface area contributed by atoms with Crippen molar-refractivity contribution in [2.24, 2.45) is 0 Å². The SMILES string of the molecule is CC(C)n1nccc1NC(=O)COc1ccc(C(=O)c2ccc(Cl)cc2)cc1. The van der Waals surface area contributed by atoms with Crippen LogP contribution in [0.2, 0.25) is 5.02 Å². The molecule has 28 heavy (non-hydrogen) atoms. The van der Waals surface area contributed by atoms with E-state index in [0.717, 1.165) is 0 Å². The lowest BCUT2D eigenvalue weighted by Gasteiger charge is -2.12. The van der Waals surface area contributed by atoms with Crippen LogP contribution in [0.4, 0.5) is 5.82 Å². The van der Waals surface area contributed by atoms with Crippen LogP contribution in [-0.4, -0.2) is 28.1 Å². The number of aromatic nitrogens is 2. The maximum Gasteiger partial charge on any atom is 0.263 e. The smallest absolute Gasteiger partial charge is 0.263 e. The Balaban J connectivity index is 1.57. The topological polar surface area (TPSA) is 73.2 Å². The van der Waals surface area contributed by atoms with E-state index in [1.807, 2.05) is 13.8 Å². The lowest BCUT2D eigenvalue weighted by molar-refractivity contribution is -0.118. The third-order valence-electron chi connectivity index (χ3n) is 4.02. The second-order valence-corrected chi connectivity index (χ2v) is 6.89. The minimum absolute atomic E-state index is 0.108. The van der Waals surface area contributed by atoms with Crippen LogP contribution in [0.25, 0.3) is 0 Å². The van der Waals surface area contributed by atoms with E-state index in [9.17, 15) is 9.59 Å². The molecule has 3 rings (SSSR count). The molecule has 0 saturated carbocycles. The van der Waals surface area contributed by atoms with E-state index in [-0.39, 0.29) is 24.3 Å². The summed E-state index contributed by atoms with van der Waals surface area (Å²) in [7, 11) is 0. The van der Waals surface area contributed by atoms with Crippen molar-refractivity contribution in [3.63, 3.8) is 0 Å². The molecule has 0 unspecified atom stereocenters. The molecule has 1 aromatic heterocycles. The Bertz CT molecular complexity index is 963. The number of nitrogens with one attached hydrogen (secondary N) is 1. The number of amides is 1. The Morgan fingerprint density at radius 2 is 1.64 bits per heavy atom. The molecule has 1 amide bonds. The van der Waals surface area contributed by atoms with Crippen LogP contribution in [0, 0.1) is 0 Å². The van der Waals surface area contributed by atoms with Crippen LogP contribution in [0.1, 0.15) is 35.8 Å². The standard InChI is InChI=1S/C21H20ClN3O3/c1-14(2)25-19(11-12-23-25)24-20(26)13-28-18-9-5-16(6-10-18)21(27)15-3-7-17(22)8-4-15/h3-12,14H,13H2,1-2H3,(H,24,26). The summed E-state index contributed by atoms with van der Waals surface area (Å²) in [5.41, 5.74) is 1.08. The van der Waals surface area contributed by atoms with E-state index in [0.29, 0.717) is 27.7 Å². The molecule has 0 fully saturated rings. The Kier molecular flexibility index (Phi) is 6.11. The van der Waals surface area contributed by atoms with E-state index in [2.05, 4.69) is 10.4 Å². The second kappa shape index (κ2) is 8.71. The van der Waals surface area contributed by atoms with Crippen molar-refractivity contribution in [3.05, 3.63) is 76.9 Å². The summed E-state index contributed by atoms with van der Waals surface area (Å²) in [5.74, 6) is 0.722. The van der Waals surface area contributed by atoms with Crippen molar-refractivity contribution in [1.29, 1.82) is 0 Å². The Morgan fingerprint density at radius 3 is 2.25 bits per heavy atom. The van der Waals surface area contributed by atoms with Gasteiger partial charge in [0, 0.05) is 28.3 Å². The van der Waals surface area contributed by atoms with E-state index in [1.54, 1.807) is 65.5 Å². The molecule has 0 bridgehead atoms. The minimum Gasteiger partial charge on any atom is -0.484 e. The van der Waals surface area contributed by atoms with Crippen LogP contribution < -0.4 is 10.1 Å². The zero-order valence-corrected chi connectivity index (χ0v) is 16.3. The van der Waals surface area contributed by atoms with Gasteiger partial charge in [0.2, 0.25) is 0 Å². The number of ether oxygens (including phenoxy) is 1. The summed E-state index contributed by atoms with van der Waals surface area (Å²) >= 11 is 5.85. The number of nitrogens with zero attached hydrogens (tertiary/aromatic N) is 2. The third kappa shape index (κ3) is 4.78. The molecule has 1 N–H and O–H groups in total. The number of carbonyl (C=O) groups is 2. The zero-order valence-electron chi connectivity index (χ0n) is 15.6. The van der Waals surface area contributed by atoms with Crippen molar-refractivity contribution >= 4 is 29.1 Å². The van der Waals surface area contributed by atoms with Gasteiger partial charge in [-0.3, -0.25) is 9.59 Å². The first-order valence-electron chi connectivity index (χ1n) is 8.80. The third-order valence-corrected chi connectivity index (χ3v) is 4.27. The number of carbonyl (C=O) groups excluding carboxylic acids is 2. The van der Waals surface area contributed by atoms with Crippen molar-refractivity contribution < 1.29 is 14.3 Å². The predicted molar refractivity (Wildman–Crippen MR) is 108 cm³/mol. The molecule has 2 aromatic carbocycles. The minimum atomic E-state index is -0.288. The lowest BCUT2D eigenvalue weighted by Crippen LogP contribution is -2.22. The van der Waals surface area contributed by atoms with Crippen molar-refractivity contribution in [3.8, 4) is 5.75 Å². The van der Waals surface area contributed by atoms with E-state index >= 15 is 0 Å². The van der Waals surface area contributed by atoms with Crippen molar-refractivity contribution in [2.45, 2.75) is 19.9 Å². The van der Waals surface area contributed by atoms with Crippen LogP contribution in [0.5, 0.6) is 5.75 Å². The number of ketones is 1. The molecule has 144 valence electrons. The highest BCUT2D eigenvalue weighted by atomic mass is 35.5. The zero-order chi connectivity index (χ0) is 20.1. The number of hydrogen-bond donors (Lipinski definition) is 1. The van der Waals surface area contributed by atoms with Gasteiger partial charge in [-0.15, -0.1) is 0 Å². The highest BCUT2D eigenvalue weighted by Gasteiger charge is 2.11. The van der Waals surface area contributed by atoms with Gasteiger partial charge in [-0.25, -0.2) is 4.68 Å². The first-order chi connectivity index (χ1) is 13.4. The number of anilines is 1. The molecule has 0 aliphatic rings. The maximum atomic E-state index is 12.4. The van der Waals surface area contributed by atoms with Crippen LogP contribution in [0.3, 0.4) is 0 Å². The van der Waals surface area contributed by atoms with Gasteiger partial charge in [-0.05, 0) is 62.4 Å². The van der Waals surface area contributed by atoms with Gasteiger partial charge in [-0.1, -0.05) is 11.6 Å². The van der Waals surface area contributed by atoms with Gasteiger partial charge >= 0.3 is 0 Å². The molecule has 0 aliphatic heterocycles. The molecule has 1 heterocycles. The number of benzene rings is 2. The fourth-order valence-corrected chi connectivity index (χ4v) is 2.75. The Labute approximate surface area is 168 Å². The molecule has 6 nitrogen and oxygen atoms in total. The van der Waals surface area contributed by atoms with Gasteiger partial charge in [0.1, 0.15) is 11.6 Å². The van der Waals surface area contributed by atoms with E-state index < -0.39 is 0 Å². The average molecular weight is 398 g/mol. The Morgan fingerprint density at radius 1 is 1.04 bits per heavy atom. The molecule has 7 heteroatoms. The fourth-order valence-electron chi connectivity index (χ4n) is 2.62. The highest BCUT2D eigenvalue weighted by Crippen LogP contribution is 2.18. The van der Waals surface area contributed by atoms with Gasteiger partial charge in [0.05, 0.1) is 6.20 Å². The quantitative estimate of drug-likeness (QED) is 0.601. The monoisotopic (exact) mass is 397 g/mol. The molecular weight excluding hydrogens is 378 g/mol. The average Bonchev–Trinajstić information content (AvgIpc) is 3.15. The van der Waals surface area contributed by atoms with Gasteiger partial charge < -0.3 is 10.1 Å². The summed E-state index contributed by atoms with van der Waals surface area (Å²) < 4.78 is 7.22. The van der Waals surface area contributed by atoms with Gasteiger partial charge in [0.15, 0.2) is 12.4 Å². The first kappa shape index (κ1) is 19.6. The highest BCUT2D eigenvalue weighted by molar-refractivity contribution is 6.30. The van der Waals surface area contributed by atoms with Crippen LogP contribution in [0.15, 0.2) is 60.8 Å². The van der Waals surface area contributed by atoms with Crippen molar-refractivity contribution in [2.75, 3.05) is 11.9 Å². The van der Waals surface area contributed by atoms with Crippen molar-refractivity contribution in [1.82, 2.24) is 9.78 Å². The van der Waals surface area contributed by atoms with Crippen LogP contribution >= 0.6 is 11.6 Å². The second-order valence-electron chi connectivity index (χ2n) is 6.45. The molecule has 0 atom stereocenters. The van der Waals surface area contributed by atoms with Crippen LogP contribution in [-0.2, 0) is 4.79 Å². The van der Waals surface area contributed by atoms with E-state index in [1.165, 1.54) is 0 Å². The van der Waals surface area contributed by atoms with E-state index in [4.69, 9.17) is 16.3 Å². The lowest BCUT2D eigenvalue weighted by atomic mass is 10.0. The summed E-state index contributed by atoms with van der Waals surface area (Å²) in [6.45, 7) is 3.81. The predicted octanol–water partition coefficient (Wildman–Crippen LogP) is 4.37. The summed E-state index contributed by atoms with van der Waals surface area (Å²) in [6.07, 6.45) is 1.63. The summed E-state index contributed by atoms with van der Waals surface area (Å²) in [6, 6.07) is 15.2. The maximum absolute atomic E-state index is 12.4. The van der Waals surface area contributed by atoms with Gasteiger partial charge in [0.25, 0.3) is 5.91 Å². The summed E-state index contributed by atoms with van der Waals surface area (Å²) in [5, 5.41) is 7.51. The molecule has 0 spiro atoms. The number of rotatable bonds is 7. The molecule has 0 saturated heterocycles. The largest absolute Gasteiger partial charge is 0.484 e. The normalized spacial score (nSPS) is 10.7. The first-order valence-corrected chi connectivity index (χ1v) is 9.18. The molecule has 0 aliphatic carbocycles. The fraction of sp³-hybridized carbons (Fsp3) is 0.190.